The average Bonchev–Trinajstić information content (AvgIpc) is 3.21. The Morgan fingerprint density at radius 1 is 1.17 bits per heavy atom. The summed E-state index contributed by atoms with van der Waals surface area (Å²) in [6, 6.07) is 0. The van der Waals surface area contributed by atoms with E-state index in [9.17, 15) is 10.2 Å². The van der Waals surface area contributed by atoms with Crippen LogP contribution in [0.5, 0.6) is 0 Å². The van der Waals surface area contributed by atoms with Gasteiger partial charge in [0.2, 0.25) is 0 Å². The van der Waals surface area contributed by atoms with Crippen LogP contribution in [0.3, 0.4) is 0 Å². The molecule has 23 heavy (non-hydrogen) atoms. The molecule has 5 nitrogen and oxygen atoms in total. The molecule has 0 radical (unpaired) electrons. The van der Waals surface area contributed by atoms with Crippen LogP contribution in [0.15, 0.2) is 6.20 Å². The van der Waals surface area contributed by atoms with E-state index in [1.807, 2.05) is 6.20 Å². The SMILES string of the molecule is O[C@@H]1C[C@H](O)C12CCN(Cc1cnc(CC3CCCC3)[nH]1)CC2. The molecule has 0 unspecified atom stereocenters. The summed E-state index contributed by atoms with van der Waals surface area (Å²) in [6.45, 7) is 2.80. The lowest BCUT2D eigenvalue weighted by Crippen LogP contribution is -2.61. The highest BCUT2D eigenvalue weighted by Gasteiger charge is 2.54. The smallest absolute Gasteiger partial charge is 0.106 e. The normalized spacial score (nSPS) is 31.6. The quantitative estimate of drug-likeness (QED) is 0.792. The molecule has 1 aromatic rings. The van der Waals surface area contributed by atoms with E-state index in [0.717, 1.165) is 50.6 Å². The maximum absolute atomic E-state index is 10.0. The summed E-state index contributed by atoms with van der Waals surface area (Å²) in [6.07, 6.45) is 10.3. The molecule has 1 spiro atoms. The number of imidazole rings is 1. The predicted molar refractivity (Wildman–Crippen MR) is 87.8 cm³/mol. The van der Waals surface area contributed by atoms with Crippen molar-refractivity contribution in [2.24, 2.45) is 11.3 Å². The van der Waals surface area contributed by atoms with Gasteiger partial charge < -0.3 is 15.2 Å². The summed E-state index contributed by atoms with van der Waals surface area (Å²) >= 11 is 0. The Kier molecular flexibility index (Phi) is 4.20. The number of aliphatic hydroxyl groups excluding tert-OH is 2. The number of hydrogen-bond donors (Lipinski definition) is 3. The van der Waals surface area contributed by atoms with Crippen molar-refractivity contribution in [3.05, 3.63) is 17.7 Å². The van der Waals surface area contributed by atoms with Crippen LogP contribution in [0.2, 0.25) is 0 Å². The van der Waals surface area contributed by atoms with Crippen molar-refractivity contribution in [1.82, 2.24) is 14.9 Å². The Labute approximate surface area is 138 Å². The number of aromatic nitrogens is 2. The minimum absolute atomic E-state index is 0.210. The fraction of sp³-hybridized carbons (Fsp3) is 0.833. The van der Waals surface area contributed by atoms with Crippen LogP contribution in [-0.2, 0) is 13.0 Å². The van der Waals surface area contributed by atoms with Crippen LogP contribution in [0.4, 0.5) is 0 Å². The van der Waals surface area contributed by atoms with Gasteiger partial charge in [-0.3, -0.25) is 4.90 Å². The van der Waals surface area contributed by atoms with Crippen LogP contribution < -0.4 is 0 Å². The maximum Gasteiger partial charge on any atom is 0.106 e. The van der Waals surface area contributed by atoms with Gasteiger partial charge in [0.1, 0.15) is 5.82 Å². The van der Waals surface area contributed by atoms with Crippen molar-refractivity contribution in [3.8, 4) is 0 Å². The second kappa shape index (κ2) is 6.19. The van der Waals surface area contributed by atoms with Gasteiger partial charge in [-0.2, -0.15) is 0 Å². The van der Waals surface area contributed by atoms with Crippen LogP contribution in [0.25, 0.3) is 0 Å². The number of nitrogens with one attached hydrogen (secondary N) is 1. The minimum Gasteiger partial charge on any atom is -0.392 e. The molecule has 0 aromatic carbocycles. The Morgan fingerprint density at radius 3 is 2.52 bits per heavy atom. The third kappa shape index (κ3) is 2.94. The third-order valence-corrected chi connectivity index (χ3v) is 6.59. The van der Waals surface area contributed by atoms with Gasteiger partial charge in [-0.1, -0.05) is 25.7 Å². The van der Waals surface area contributed by atoms with Gasteiger partial charge in [0.25, 0.3) is 0 Å². The Bertz CT molecular complexity index is 520. The first kappa shape index (κ1) is 15.6. The first-order chi connectivity index (χ1) is 11.2. The molecule has 2 saturated carbocycles. The van der Waals surface area contributed by atoms with E-state index in [1.54, 1.807) is 0 Å². The van der Waals surface area contributed by atoms with Crippen molar-refractivity contribution in [3.63, 3.8) is 0 Å². The van der Waals surface area contributed by atoms with Gasteiger partial charge in [-0.25, -0.2) is 4.98 Å². The minimum atomic E-state index is -0.301. The first-order valence-corrected chi connectivity index (χ1v) is 9.27. The second-order valence-electron chi connectivity index (χ2n) is 7.99. The standard InChI is InChI=1S/C18H29N3O2/c22-15-10-16(23)18(15)5-7-21(8-6-18)12-14-11-19-17(20-14)9-13-3-1-2-4-13/h11,13,15-16,22-23H,1-10,12H2,(H,19,20)/t15-,16+. The maximum atomic E-state index is 10.0. The van der Waals surface area contributed by atoms with Crippen molar-refractivity contribution in [1.29, 1.82) is 0 Å². The zero-order valence-electron chi connectivity index (χ0n) is 13.9. The van der Waals surface area contributed by atoms with E-state index in [4.69, 9.17) is 0 Å². The van der Waals surface area contributed by atoms with E-state index in [1.165, 1.54) is 31.4 Å². The zero-order chi connectivity index (χ0) is 15.9. The topological polar surface area (TPSA) is 72.4 Å². The lowest BCUT2D eigenvalue weighted by molar-refractivity contribution is -0.190. The summed E-state index contributed by atoms with van der Waals surface area (Å²) < 4.78 is 0. The fourth-order valence-corrected chi connectivity index (χ4v) is 4.86. The highest BCUT2D eigenvalue weighted by Crippen LogP contribution is 2.49. The summed E-state index contributed by atoms with van der Waals surface area (Å²) in [4.78, 5) is 10.5. The van der Waals surface area contributed by atoms with E-state index in [-0.39, 0.29) is 17.6 Å². The molecule has 128 valence electrons. The van der Waals surface area contributed by atoms with Gasteiger partial charge >= 0.3 is 0 Å². The molecule has 5 heteroatoms. The molecule has 2 heterocycles. The number of rotatable bonds is 4. The van der Waals surface area contributed by atoms with E-state index >= 15 is 0 Å². The fourth-order valence-electron chi connectivity index (χ4n) is 4.86. The molecule has 2 aliphatic carbocycles. The number of nitrogens with zero attached hydrogens (tertiary/aromatic N) is 2. The Morgan fingerprint density at radius 2 is 1.87 bits per heavy atom. The summed E-state index contributed by atoms with van der Waals surface area (Å²) in [5.41, 5.74) is 0.988. The first-order valence-electron chi connectivity index (χ1n) is 9.27. The molecule has 3 N–H and O–H groups in total. The van der Waals surface area contributed by atoms with Crippen molar-refractivity contribution in [2.75, 3.05) is 13.1 Å². The van der Waals surface area contributed by atoms with E-state index < -0.39 is 0 Å². The Balaban J connectivity index is 1.29. The van der Waals surface area contributed by atoms with Crippen molar-refractivity contribution >= 4 is 0 Å². The van der Waals surface area contributed by atoms with Crippen LogP contribution in [0, 0.1) is 11.3 Å². The lowest BCUT2D eigenvalue weighted by Gasteiger charge is -2.55. The van der Waals surface area contributed by atoms with E-state index in [0.29, 0.717) is 6.42 Å². The molecule has 0 amide bonds. The van der Waals surface area contributed by atoms with Crippen molar-refractivity contribution < 1.29 is 10.2 Å². The van der Waals surface area contributed by atoms with Gasteiger partial charge in [0.05, 0.1) is 12.2 Å². The molecule has 1 saturated heterocycles. The number of aromatic amines is 1. The third-order valence-electron chi connectivity index (χ3n) is 6.59. The summed E-state index contributed by atoms with van der Waals surface area (Å²) in [5, 5.41) is 20.0. The largest absolute Gasteiger partial charge is 0.392 e. The van der Waals surface area contributed by atoms with Gasteiger partial charge in [-0.05, 0) is 31.8 Å². The summed E-state index contributed by atoms with van der Waals surface area (Å²) in [7, 11) is 0. The molecule has 4 rings (SSSR count). The monoisotopic (exact) mass is 319 g/mol. The molecule has 3 aliphatic rings. The number of likely N-dealkylation sites (tertiary alicyclic amines) is 1. The number of H-pyrrole nitrogens is 1. The molecule has 1 aliphatic heterocycles. The predicted octanol–water partition coefficient (Wildman–Crippen LogP) is 1.85. The molecule has 3 fully saturated rings. The van der Waals surface area contributed by atoms with Crippen LogP contribution in [-0.4, -0.2) is 50.4 Å². The number of hydrogen-bond acceptors (Lipinski definition) is 4. The molecular weight excluding hydrogens is 290 g/mol. The molecule has 1 aromatic heterocycles. The molecular formula is C18H29N3O2. The van der Waals surface area contributed by atoms with Gasteiger partial charge in [0.15, 0.2) is 0 Å². The highest BCUT2D eigenvalue weighted by molar-refractivity contribution is 5.07. The summed E-state index contributed by atoms with van der Waals surface area (Å²) in [5.74, 6) is 1.97. The van der Waals surface area contributed by atoms with Gasteiger partial charge in [0, 0.05) is 36.7 Å². The average molecular weight is 319 g/mol. The van der Waals surface area contributed by atoms with Crippen LogP contribution in [0.1, 0.15) is 56.5 Å². The van der Waals surface area contributed by atoms with Crippen molar-refractivity contribution in [2.45, 2.75) is 70.1 Å². The number of piperidine rings is 1. The van der Waals surface area contributed by atoms with E-state index in [2.05, 4.69) is 14.9 Å². The van der Waals surface area contributed by atoms with Gasteiger partial charge in [-0.15, -0.1) is 0 Å². The second-order valence-corrected chi connectivity index (χ2v) is 7.99. The highest BCUT2D eigenvalue weighted by atomic mass is 16.3. The van der Waals surface area contributed by atoms with Crippen LogP contribution >= 0.6 is 0 Å². The lowest BCUT2D eigenvalue weighted by atomic mass is 9.58. The Hall–Kier alpha value is -0.910. The zero-order valence-corrected chi connectivity index (χ0v) is 13.9. The molecule has 0 bridgehead atoms. The molecule has 2 atom stereocenters. The number of aliphatic hydroxyl groups is 2.